The summed E-state index contributed by atoms with van der Waals surface area (Å²) in [5.41, 5.74) is 2.57. The van der Waals surface area contributed by atoms with Crippen LogP contribution in [0.4, 0.5) is 0 Å². The van der Waals surface area contributed by atoms with Gasteiger partial charge in [0.2, 0.25) is 0 Å². The molecule has 0 aliphatic carbocycles. The molecule has 2 aromatic carbocycles. The van der Waals surface area contributed by atoms with Gasteiger partial charge in [-0.1, -0.05) is 52.7 Å². The summed E-state index contributed by atoms with van der Waals surface area (Å²) in [7, 11) is 0. The van der Waals surface area contributed by atoms with Crippen molar-refractivity contribution in [1.29, 1.82) is 0 Å². The van der Waals surface area contributed by atoms with Crippen molar-refractivity contribution >= 4 is 11.9 Å². The number of hydrogen-bond acceptors (Lipinski definition) is 4. The van der Waals surface area contributed by atoms with E-state index < -0.39 is 0 Å². The summed E-state index contributed by atoms with van der Waals surface area (Å²) in [4.78, 5) is 12.9. The minimum absolute atomic E-state index is 0.0863. The van der Waals surface area contributed by atoms with Crippen molar-refractivity contribution in [3.05, 3.63) is 71.5 Å². The minimum atomic E-state index is -0.0863. The first-order chi connectivity index (χ1) is 16.0. The van der Waals surface area contributed by atoms with Crippen LogP contribution in [0.25, 0.3) is 6.08 Å². The number of unbranched alkanes of at least 4 members (excludes halogenated alkanes) is 2. The van der Waals surface area contributed by atoms with Crippen molar-refractivity contribution in [3.8, 4) is 17.2 Å². The standard InChI is InChI=1S/C29H38O4/c1-6-9-20-31-28-19-14-24(11-8-3)29(32-21-10-7-2)26(28)17-18-27(30)23-12-15-25(16-13-23)33-22(4)5/h12-19H,4,6-11,20-21H2,1-3,5H3/b18-17+. The van der Waals surface area contributed by atoms with Gasteiger partial charge < -0.3 is 14.2 Å². The SMILES string of the molecule is C=C(C)Oc1ccc(C(=O)/C=C/c2c(OCCCC)ccc(CCC)c2OCCCC)cc1. The van der Waals surface area contributed by atoms with Crippen LogP contribution in [-0.2, 0) is 6.42 Å². The third kappa shape index (κ3) is 8.45. The lowest BCUT2D eigenvalue weighted by Gasteiger charge is -2.18. The molecule has 2 aromatic rings. The van der Waals surface area contributed by atoms with Crippen LogP contribution in [0.3, 0.4) is 0 Å². The van der Waals surface area contributed by atoms with E-state index in [4.69, 9.17) is 14.2 Å². The maximum atomic E-state index is 12.9. The number of ether oxygens (including phenoxy) is 3. The summed E-state index contributed by atoms with van der Waals surface area (Å²) >= 11 is 0. The van der Waals surface area contributed by atoms with Gasteiger partial charge >= 0.3 is 0 Å². The fourth-order valence-corrected chi connectivity index (χ4v) is 3.34. The Bertz CT molecular complexity index is 925. The van der Waals surface area contributed by atoms with E-state index >= 15 is 0 Å². The molecular formula is C29H38O4. The molecule has 178 valence electrons. The molecule has 0 atom stereocenters. The van der Waals surface area contributed by atoms with Gasteiger partial charge in [0.15, 0.2) is 5.78 Å². The lowest BCUT2D eigenvalue weighted by molar-refractivity contribution is 0.104. The third-order valence-electron chi connectivity index (χ3n) is 5.09. The Balaban J connectivity index is 2.36. The normalized spacial score (nSPS) is 10.9. The summed E-state index contributed by atoms with van der Waals surface area (Å²) in [6.07, 6.45) is 9.43. The number of aryl methyl sites for hydroxylation is 1. The zero-order valence-corrected chi connectivity index (χ0v) is 20.6. The first kappa shape index (κ1) is 26.2. The van der Waals surface area contributed by atoms with Crippen LogP contribution in [-0.4, -0.2) is 19.0 Å². The Kier molecular flexibility index (Phi) is 11.3. The Morgan fingerprint density at radius 1 is 0.909 bits per heavy atom. The van der Waals surface area contributed by atoms with Crippen LogP contribution < -0.4 is 14.2 Å². The fourth-order valence-electron chi connectivity index (χ4n) is 3.34. The van der Waals surface area contributed by atoms with Gasteiger partial charge in [0.25, 0.3) is 0 Å². The summed E-state index contributed by atoms with van der Waals surface area (Å²) in [6.45, 7) is 13.2. The van der Waals surface area contributed by atoms with Gasteiger partial charge in [0, 0.05) is 5.56 Å². The average molecular weight is 451 g/mol. The van der Waals surface area contributed by atoms with Crippen LogP contribution in [0.2, 0.25) is 0 Å². The third-order valence-corrected chi connectivity index (χ3v) is 5.09. The molecule has 0 saturated heterocycles. The number of carbonyl (C=O) groups excluding carboxylic acids is 1. The summed E-state index contributed by atoms with van der Waals surface area (Å²) < 4.78 is 17.8. The first-order valence-electron chi connectivity index (χ1n) is 12.1. The molecule has 0 fully saturated rings. The molecule has 0 saturated carbocycles. The van der Waals surface area contributed by atoms with Crippen LogP contribution in [0.5, 0.6) is 17.2 Å². The van der Waals surface area contributed by atoms with Crippen molar-refractivity contribution < 1.29 is 19.0 Å². The number of benzene rings is 2. The molecule has 4 heteroatoms. The molecule has 0 radical (unpaired) electrons. The molecule has 0 aliphatic rings. The predicted octanol–water partition coefficient (Wildman–Crippen LogP) is 7.81. The van der Waals surface area contributed by atoms with Crippen LogP contribution in [0, 0.1) is 0 Å². The van der Waals surface area contributed by atoms with Crippen molar-refractivity contribution in [2.45, 2.75) is 66.2 Å². The minimum Gasteiger partial charge on any atom is -0.493 e. The second-order valence-electron chi connectivity index (χ2n) is 8.15. The van der Waals surface area contributed by atoms with Crippen LogP contribution in [0.1, 0.15) is 81.3 Å². The number of carbonyl (C=O) groups is 1. The summed E-state index contributed by atoms with van der Waals surface area (Å²) in [5.74, 6) is 2.76. The maximum Gasteiger partial charge on any atom is 0.185 e. The Morgan fingerprint density at radius 3 is 2.18 bits per heavy atom. The highest BCUT2D eigenvalue weighted by atomic mass is 16.5. The van der Waals surface area contributed by atoms with Crippen LogP contribution >= 0.6 is 0 Å². The van der Waals surface area contributed by atoms with Crippen LogP contribution in [0.15, 0.2) is 54.8 Å². The zero-order chi connectivity index (χ0) is 24.1. The average Bonchev–Trinajstić information content (AvgIpc) is 2.80. The highest BCUT2D eigenvalue weighted by molar-refractivity contribution is 6.07. The van der Waals surface area contributed by atoms with Gasteiger partial charge in [-0.15, -0.1) is 0 Å². The van der Waals surface area contributed by atoms with Gasteiger partial charge in [-0.2, -0.15) is 0 Å². The lowest BCUT2D eigenvalue weighted by atomic mass is 10.0. The van der Waals surface area contributed by atoms with E-state index in [9.17, 15) is 4.79 Å². The maximum absolute atomic E-state index is 12.9. The molecular weight excluding hydrogens is 412 g/mol. The highest BCUT2D eigenvalue weighted by Crippen LogP contribution is 2.35. The van der Waals surface area contributed by atoms with Crippen molar-refractivity contribution in [2.75, 3.05) is 13.2 Å². The van der Waals surface area contributed by atoms with Crippen molar-refractivity contribution in [3.63, 3.8) is 0 Å². The second-order valence-corrected chi connectivity index (χ2v) is 8.15. The van der Waals surface area contributed by atoms with E-state index in [0.29, 0.717) is 30.3 Å². The molecule has 2 rings (SSSR count). The molecule has 0 bridgehead atoms. The molecule has 0 amide bonds. The quantitative estimate of drug-likeness (QED) is 0.120. The topological polar surface area (TPSA) is 44.8 Å². The molecule has 33 heavy (non-hydrogen) atoms. The number of ketones is 1. The van der Waals surface area contributed by atoms with E-state index in [-0.39, 0.29) is 5.78 Å². The fraction of sp³-hybridized carbons (Fsp3) is 0.414. The van der Waals surface area contributed by atoms with Gasteiger partial charge in [0.05, 0.1) is 24.5 Å². The summed E-state index contributed by atoms with van der Waals surface area (Å²) in [6, 6.07) is 11.2. The summed E-state index contributed by atoms with van der Waals surface area (Å²) in [5, 5.41) is 0. The monoisotopic (exact) mass is 450 g/mol. The predicted molar refractivity (Wildman–Crippen MR) is 136 cm³/mol. The zero-order valence-electron chi connectivity index (χ0n) is 20.6. The van der Waals surface area contributed by atoms with Gasteiger partial charge in [-0.05, 0) is 74.2 Å². The van der Waals surface area contributed by atoms with Crippen molar-refractivity contribution in [2.24, 2.45) is 0 Å². The molecule has 0 spiro atoms. The molecule has 4 nitrogen and oxygen atoms in total. The Hall–Kier alpha value is -3.01. The van der Waals surface area contributed by atoms with Gasteiger partial charge in [-0.25, -0.2) is 0 Å². The van der Waals surface area contributed by atoms with E-state index in [1.165, 1.54) is 0 Å². The molecule has 0 N–H and O–H groups in total. The Labute approximate surface area is 199 Å². The van der Waals surface area contributed by atoms with E-state index in [1.54, 1.807) is 37.3 Å². The highest BCUT2D eigenvalue weighted by Gasteiger charge is 2.15. The second kappa shape index (κ2) is 14.2. The van der Waals surface area contributed by atoms with Crippen molar-refractivity contribution in [1.82, 2.24) is 0 Å². The first-order valence-corrected chi connectivity index (χ1v) is 12.1. The lowest BCUT2D eigenvalue weighted by Crippen LogP contribution is -2.05. The molecule has 0 aliphatic heterocycles. The largest absolute Gasteiger partial charge is 0.493 e. The van der Waals surface area contributed by atoms with E-state index in [2.05, 4.69) is 33.4 Å². The number of allylic oxidation sites excluding steroid dienone is 2. The molecule has 0 heterocycles. The number of hydrogen-bond donors (Lipinski definition) is 0. The smallest absolute Gasteiger partial charge is 0.185 e. The van der Waals surface area contributed by atoms with E-state index in [0.717, 1.165) is 61.2 Å². The molecule has 0 unspecified atom stereocenters. The van der Waals surface area contributed by atoms with Gasteiger partial charge in [0.1, 0.15) is 17.2 Å². The molecule has 0 aromatic heterocycles. The van der Waals surface area contributed by atoms with Gasteiger partial charge in [-0.3, -0.25) is 4.79 Å². The van der Waals surface area contributed by atoms with E-state index in [1.807, 2.05) is 12.1 Å². The number of rotatable bonds is 15. The Morgan fingerprint density at radius 2 is 1.58 bits per heavy atom.